The van der Waals surface area contributed by atoms with Crippen LogP contribution in [0, 0.1) is 10.1 Å². The van der Waals surface area contributed by atoms with Crippen LogP contribution in [0.3, 0.4) is 0 Å². The second-order valence-corrected chi connectivity index (χ2v) is 5.49. The molecule has 0 aliphatic rings. The molecule has 1 aromatic carbocycles. The number of nitro groups is 1. The van der Waals surface area contributed by atoms with Gasteiger partial charge in [0.2, 0.25) is 17.2 Å². The highest BCUT2D eigenvalue weighted by atomic mass is 16.6. The minimum absolute atomic E-state index is 0.0639. The minimum atomic E-state index is -0.880. The van der Waals surface area contributed by atoms with Gasteiger partial charge >= 0.3 is 11.7 Å². The van der Waals surface area contributed by atoms with Gasteiger partial charge in [0.25, 0.3) is 0 Å². The molecule has 27 heavy (non-hydrogen) atoms. The molecule has 2 aromatic rings. The Morgan fingerprint density at radius 2 is 1.93 bits per heavy atom. The fourth-order valence-electron chi connectivity index (χ4n) is 2.29. The van der Waals surface area contributed by atoms with E-state index in [1.54, 1.807) is 20.8 Å². The van der Waals surface area contributed by atoms with Crippen molar-refractivity contribution >= 4 is 17.4 Å². The minimum Gasteiger partial charge on any atom is -0.493 e. The third kappa shape index (κ3) is 4.02. The summed E-state index contributed by atoms with van der Waals surface area (Å²) < 4.78 is 15.4. The third-order valence-electron chi connectivity index (χ3n) is 3.33. The van der Waals surface area contributed by atoms with Gasteiger partial charge in [0.05, 0.1) is 24.7 Å². The second kappa shape index (κ2) is 8.25. The highest BCUT2D eigenvalue weighted by Crippen LogP contribution is 2.41. The van der Waals surface area contributed by atoms with E-state index in [4.69, 9.17) is 14.2 Å². The number of hydrogen-bond acceptors (Lipinski definition) is 9. The summed E-state index contributed by atoms with van der Waals surface area (Å²) in [5.74, 6) is -1.85. The van der Waals surface area contributed by atoms with E-state index in [1.165, 1.54) is 19.2 Å². The number of ether oxygens (including phenoxy) is 3. The van der Waals surface area contributed by atoms with Gasteiger partial charge in [-0.3, -0.25) is 14.9 Å². The number of nitrogens with one attached hydrogen (secondary N) is 1. The molecule has 0 aliphatic carbocycles. The largest absolute Gasteiger partial charge is 0.493 e. The van der Waals surface area contributed by atoms with E-state index < -0.39 is 34.2 Å². The van der Waals surface area contributed by atoms with Crippen molar-refractivity contribution in [2.24, 2.45) is 0 Å². The molecule has 0 saturated heterocycles. The Morgan fingerprint density at radius 1 is 1.26 bits per heavy atom. The molecule has 144 valence electrons. The molecular formula is C16H18N4O7. The number of nitro benzene ring substituents is 1. The highest BCUT2D eigenvalue weighted by Gasteiger charge is 2.34. The van der Waals surface area contributed by atoms with E-state index in [9.17, 15) is 19.7 Å². The van der Waals surface area contributed by atoms with Gasteiger partial charge < -0.3 is 14.2 Å². The molecule has 0 spiro atoms. The maximum absolute atomic E-state index is 12.9. The number of ketones is 1. The van der Waals surface area contributed by atoms with Gasteiger partial charge in [-0.15, -0.1) is 5.10 Å². The van der Waals surface area contributed by atoms with Crippen LogP contribution in [-0.2, 0) is 4.74 Å². The molecule has 0 radical (unpaired) electrons. The monoisotopic (exact) mass is 378 g/mol. The van der Waals surface area contributed by atoms with Gasteiger partial charge in [-0.1, -0.05) is 0 Å². The first kappa shape index (κ1) is 19.8. The maximum atomic E-state index is 12.9. The van der Waals surface area contributed by atoms with E-state index in [0.717, 1.165) is 0 Å². The zero-order valence-electron chi connectivity index (χ0n) is 15.1. The number of carbonyl (C=O) groups excluding carboxylic acids is 2. The number of H-pyrrole nitrogens is 1. The third-order valence-corrected chi connectivity index (χ3v) is 3.33. The van der Waals surface area contributed by atoms with Gasteiger partial charge in [-0.2, -0.15) is 10.3 Å². The van der Waals surface area contributed by atoms with Crippen molar-refractivity contribution in [3.8, 4) is 11.5 Å². The number of carbonyl (C=O) groups is 2. The van der Waals surface area contributed by atoms with Crippen molar-refractivity contribution in [2.75, 3.05) is 13.7 Å². The standard InChI is InChI=1S/C16H18N4O7/c1-5-26-16(22)12-11(17-19-18-12)14(21)9-6-7-10(25-4)15(27-8(2)3)13(9)20(23)24/h6-8H,5H2,1-4H3,(H,17,18,19). The summed E-state index contributed by atoms with van der Waals surface area (Å²) in [6, 6.07) is 2.57. The molecule has 0 fully saturated rings. The Labute approximate surface area is 153 Å². The van der Waals surface area contributed by atoms with Crippen molar-refractivity contribution in [3.05, 3.63) is 39.2 Å². The van der Waals surface area contributed by atoms with Crippen molar-refractivity contribution in [1.29, 1.82) is 0 Å². The molecule has 11 heteroatoms. The molecule has 0 bridgehead atoms. The summed E-state index contributed by atoms with van der Waals surface area (Å²) in [4.78, 5) is 35.7. The Bertz CT molecular complexity index is 876. The molecule has 1 N–H and O–H groups in total. The predicted molar refractivity (Wildman–Crippen MR) is 91.2 cm³/mol. The van der Waals surface area contributed by atoms with Crippen LogP contribution < -0.4 is 9.47 Å². The first-order valence-corrected chi connectivity index (χ1v) is 7.96. The molecule has 0 unspecified atom stereocenters. The zero-order valence-corrected chi connectivity index (χ0v) is 15.1. The normalized spacial score (nSPS) is 10.6. The number of benzene rings is 1. The average Bonchev–Trinajstić information content (AvgIpc) is 3.10. The summed E-state index contributed by atoms with van der Waals surface area (Å²) in [5, 5.41) is 21.1. The zero-order chi connectivity index (χ0) is 20.1. The van der Waals surface area contributed by atoms with E-state index in [2.05, 4.69) is 15.4 Å². The van der Waals surface area contributed by atoms with Crippen LogP contribution in [0.1, 0.15) is 47.3 Å². The quantitative estimate of drug-likeness (QED) is 0.315. The lowest BCUT2D eigenvalue weighted by Gasteiger charge is -2.15. The number of esters is 1. The van der Waals surface area contributed by atoms with Gasteiger partial charge in [-0.05, 0) is 32.9 Å². The fraction of sp³-hybridized carbons (Fsp3) is 0.375. The van der Waals surface area contributed by atoms with E-state index in [-0.39, 0.29) is 29.4 Å². The Hall–Kier alpha value is -3.50. The molecule has 0 aliphatic heterocycles. The Balaban J connectivity index is 2.62. The topological polar surface area (TPSA) is 147 Å². The Kier molecular flexibility index (Phi) is 6.06. The molecule has 0 amide bonds. The first-order valence-electron chi connectivity index (χ1n) is 7.96. The lowest BCUT2D eigenvalue weighted by atomic mass is 10.0. The van der Waals surface area contributed by atoms with Crippen LogP contribution in [-0.4, -0.2) is 51.9 Å². The van der Waals surface area contributed by atoms with Crippen LogP contribution in [0.25, 0.3) is 0 Å². The number of aromatic amines is 1. The maximum Gasteiger partial charge on any atom is 0.361 e. The molecule has 1 aromatic heterocycles. The van der Waals surface area contributed by atoms with Gasteiger partial charge in [0.1, 0.15) is 5.56 Å². The summed E-state index contributed by atoms with van der Waals surface area (Å²) >= 11 is 0. The van der Waals surface area contributed by atoms with Gasteiger partial charge in [0.15, 0.2) is 11.4 Å². The van der Waals surface area contributed by atoms with E-state index in [0.29, 0.717) is 0 Å². The molecule has 0 atom stereocenters. The fourth-order valence-corrected chi connectivity index (χ4v) is 2.29. The number of nitrogens with zero attached hydrogens (tertiary/aromatic N) is 3. The summed E-state index contributed by atoms with van der Waals surface area (Å²) in [7, 11) is 1.32. The summed E-state index contributed by atoms with van der Waals surface area (Å²) in [5.41, 5.74) is -1.67. The van der Waals surface area contributed by atoms with Crippen LogP contribution in [0.15, 0.2) is 12.1 Å². The predicted octanol–water partition coefficient (Wildman–Crippen LogP) is 1.92. The van der Waals surface area contributed by atoms with Crippen molar-refractivity contribution < 1.29 is 28.7 Å². The summed E-state index contributed by atoms with van der Waals surface area (Å²) in [6.07, 6.45) is -0.412. The van der Waals surface area contributed by atoms with Gasteiger partial charge in [-0.25, -0.2) is 4.79 Å². The molecule has 2 rings (SSSR count). The number of aromatic nitrogens is 3. The van der Waals surface area contributed by atoms with E-state index in [1.807, 2.05) is 0 Å². The SMILES string of the molecule is CCOC(=O)c1n[nH]nc1C(=O)c1ccc(OC)c(OC(C)C)c1[N+](=O)[O-]. The number of hydrogen-bond donors (Lipinski definition) is 1. The van der Waals surface area contributed by atoms with Crippen molar-refractivity contribution in [2.45, 2.75) is 26.9 Å². The lowest BCUT2D eigenvalue weighted by molar-refractivity contribution is -0.386. The van der Waals surface area contributed by atoms with Crippen LogP contribution in [0.4, 0.5) is 5.69 Å². The van der Waals surface area contributed by atoms with Crippen LogP contribution >= 0.6 is 0 Å². The second-order valence-electron chi connectivity index (χ2n) is 5.49. The van der Waals surface area contributed by atoms with Crippen molar-refractivity contribution in [1.82, 2.24) is 15.4 Å². The Morgan fingerprint density at radius 3 is 2.48 bits per heavy atom. The summed E-state index contributed by atoms with van der Waals surface area (Å²) in [6.45, 7) is 5.00. The smallest absolute Gasteiger partial charge is 0.361 e. The molecule has 11 nitrogen and oxygen atoms in total. The van der Waals surface area contributed by atoms with Crippen LogP contribution in [0.2, 0.25) is 0 Å². The lowest BCUT2D eigenvalue weighted by Crippen LogP contribution is -2.15. The van der Waals surface area contributed by atoms with Crippen molar-refractivity contribution in [3.63, 3.8) is 0 Å². The number of methoxy groups -OCH3 is 1. The highest BCUT2D eigenvalue weighted by molar-refractivity contribution is 6.15. The molecule has 0 saturated carbocycles. The van der Waals surface area contributed by atoms with Gasteiger partial charge in [0, 0.05) is 0 Å². The van der Waals surface area contributed by atoms with E-state index >= 15 is 0 Å². The molecular weight excluding hydrogens is 360 g/mol. The first-order chi connectivity index (χ1) is 12.8. The molecule has 1 heterocycles. The average molecular weight is 378 g/mol. The number of rotatable bonds is 8. The van der Waals surface area contributed by atoms with Crippen LogP contribution in [0.5, 0.6) is 11.5 Å².